The minimum Gasteiger partial charge on any atom is -0.508 e. The van der Waals surface area contributed by atoms with Crippen molar-refractivity contribution in [2.75, 3.05) is 11.9 Å². The van der Waals surface area contributed by atoms with Gasteiger partial charge in [-0.3, -0.25) is 14.4 Å². The lowest BCUT2D eigenvalue weighted by atomic mass is 10.0. The molecule has 0 saturated heterocycles. The first-order chi connectivity index (χ1) is 19.0. The Bertz CT molecular complexity index is 1300. The third-order valence-corrected chi connectivity index (χ3v) is 5.43. The third kappa shape index (κ3) is 10.1. The zero-order valence-electron chi connectivity index (χ0n) is 22.6. The van der Waals surface area contributed by atoms with Crippen LogP contribution in [0, 0.1) is 0 Å². The predicted octanol–water partition coefficient (Wildman–Crippen LogP) is 3.94. The van der Waals surface area contributed by atoms with E-state index < -0.39 is 35.5 Å². The van der Waals surface area contributed by atoms with E-state index in [0.717, 1.165) is 5.56 Å². The molecular weight excluding hydrogens is 514 g/mol. The summed E-state index contributed by atoms with van der Waals surface area (Å²) in [6.45, 7) is 4.97. The molecule has 0 aliphatic carbocycles. The van der Waals surface area contributed by atoms with Crippen LogP contribution in [-0.2, 0) is 32.1 Å². The highest BCUT2D eigenvalue weighted by Crippen LogP contribution is 2.15. The first-order valence-electron chi connectivity index (χ1n) is 12.6. The summed E-state index contributed by atoms with van der Waals surface area (Å²) in [6, 6.07) is 20.6. The number of nitrogens with one attached hydrogen (secondary N) is 3. The molecule has 4 N–H and O–H groups in total. The van der Waals surface area contributed by atoms with Gasteiger partial charge in [-0.05, 0) is 68.3 Å². The highest BCUT2D eigenvalue weighted by Gasteiger charge is 2.25. The van der Waals surface area contributed by atoms with Crippen molar-refractivity contribution >= 4 is 29.6 Å². The Labute approximate surface area is 232 Å². The molecule has 0 fully saturated rings. The molecule has 0 heterocycles. The summed E-state index contributed by atoms with van der Waals surface area (Å²) in [7, 11) is 0. The molecule has 10 nitrogen and oxygen atoms in total. The van der Waals surface area contributed by atoms with Gasteiger partial charge in [-0.1, -0.05) is 42.5 Å². The van der Waals surface area contributed by atoms with Crippen molar-refractivity contribution in [3.63, 3.8) is 0 Å². The fourth-order valence-electron chi connectivity index (χ4n) is 3.50. The minimum absolute atomic E-state index is 0.0815. The smallest absolute Gasteiger partial charge is 0.408 e. The zero-order valence-corrected chi connectivity index (χ0v) is 22.6. The van der Waals surface area contributed by atoms with Gasteiger partial charge in [-0.2, -0.15) is 0 Å². The van der Waals surface area contributed by atoms with Crippen LogP contribution in [0.4, 0.5) is 10.5 Å². The van der Waals surface area contributed by atoms with Crippen molar-refractivity contribution in [1.29, 1.82) is 0 Å². The third-order valence-electron chi connectivity index (χ3n) is 5.43. The molecule has 0 aliphatic heterocycles. The maximum Gasteiger partial charge on any atom is 0.408 e. The Hall–Kier alpha value is -4.86. The second kappa shape index (κ2) is 13.8. The van der Waals surface area contributed by atoms with Gasteiger partial charge in [0, 0.05) is 17.7 Å². The van der Waals surface area contributed by atoms with Crippen LogP contribution >= 0.6 is 0 Å². The number of hydrogen-bond acceptors (Lipinski definition) is 7. The van der Waals surface area contributed by atoms with E-state index in [1.54, 1.807) is 32.9 Å². The van der Waals surface area contributed by atoms with Gasteiger partial charge in [0.2, 0.25) is 5.91 Å². The summed E-state index contributed by atoms with van der Waals surface area (Å²) in [5.41, 5.74) is 1.47. The van der Waals surface area contributed by atoms with Crippen molar-refractivity contribution in [3.8, 4) is 5.75 Å². The van der Waals surface area contributed by atoms with E-state index in [9.17, 15) is 24.3 Å². The number of phenols is 1. The van der Waals surface area contributed by atoms with E-state index in [1.165, 1.54) is 36.4 Å². The van der Waals surface area contributed by atoms with Gasteiger partial charge >= 0.3 is 12.1 Å². The number of alkyl carbamates (subject to hydrolysis) is 1. The standard InChI is InChI=1S/C30H33N3O7/c1-30(2,3)40-29(38)33-25(17-20-9-15-24(34)16-10-20)28(37)32-23-13-11-22(12-14-23)27(36)31-18-26(35)39-19-21-7-5-4-6-8-21/h4-16,25,34H,17-19H2,1-3H3,(H,31,36)(H,32,37)(H,33,38)/t25-/m0/s1. The molecule has 3 amide bonds. The molecule has 0 bridgehead atoms. The average Bonchev–Trinajstić information content (AvgIpc) is 2.91. The van der Waals surface area contributed by atoms with Crippen LogP contribution in [0.1, 0.15) is 42.3 Å². The van der Waals surface area contributed by atoms with Gasteiger partial charge in [0.05, 0.1) is 0 Å². The quantitative estimate of drug-likeness (QED) is 0.282. The summed E-state index contributed by atoms with van der Waals surface area (Å²) in [5, 5.41) is 17.4. The highest BCUT2D eigenvalue weighted by molar-refractivity contribution is 5.99. The SMILES string of the molecule is CC(C)(C)OC(=O)N[C@@H](Cc1ccc(O)cc1)C(=O)Nc1ccc(C(=O)NCC(=O)OCc2ccccc2)cc1. The molecule has 3 aromatic rings. The molecule has 0 saturated carbocycles. The summed E-state index contributed by atoms with van der Waals surface area (Å²) in [5.74, 6) is -1.47. The Morgan fingerprint density at radius 2 is 1.50 bits per heavy atom. The van der Waals surface area contributed by atoms with E-state index in [-0.39, 0.29) is 30.9 Å². The number of carbonyl (C=O) groups is 4. The Morgan fingerprint density at radius 1 is 0.850 bits per heavy atom. The maximum absolute atomic E-state index is 13.1. The van der Waals surface area contributed by atoms with Gasteiger partial charge in [0.15, 0.2) is 0 Å². The van der Waals surface area contributed by atoms with Crippen LogP contribution in [0.5, 0.6) is 5.75 Å². The number of aromatic hydroxyl groups is 1. The topological polar surface area (TPSA) is 143 Å². The van der Waals surface area contributed by atoms with E-state index in [0.29, 0.717) is 11.3 Å². The van der Waals surface area contributed by atoms with Gasteiger partial charge in [-0.15, -0.1) is 0 Å². The molecule has 0 unspecified atom stereocenters. The molecule has 3 aromatic carbocycles. The van der Waals surface area contributed by atoms with Gasteiger partial charge in [-0.25, -0.2) is 4.79 Å². The molecule has 40 heavy (non-hydrogen) atoms. The summed E-state index contributed by atoms with van der Waals surface area (Å²) >= 11 is 0. The zero-order chi connectivity index (χ0) is 29.1. The molecule has 0 aliphatic rings. The predicted molar refractivity (Wildman–Crippen MR) is 149 cm³/mol. The minimum atomic E-state index is -0.982. The van der Waals surface area contributed by atoms with Crippen molar-refractivity contribution in [1.82, 2.24) is 10.6 Å². The number of benzene rings is 3. The molecule has 3 rings (SSSR count). The van der Waals surface area contributed by atoms with Crippen LogP contribution < -0.4 is 16.0 Å². The fraction of sp³-hybridized carbons (Fsp3) is 0.267. The number of rotatable bonds is 10. The van der Waals surface area contributed by atoms with Crippen LogP contribution in [0.3, 0.4) is 0 Å². The lowest BCUT2D eigenvalue weighted by molar-refractivity contribution is -0.143. The lowest BCUT2D eigenvalue weighted by Gasteiger charge is -2.23. The average molecular weight is 548 g/mol. The van der Waals surface area contributed by atoms with Crippen molar-refractivity contribution in [2.24, 2.45) is 0 Å². The Balaban J connectivity index is 1.56. The first-order valence-corrected chi connectivity index (χ1v) is 12.6. The highest BCUT2D eigenvalue weighted by atomic mass is 16.6. The monoisotopic (exact) mass is 547 g/mol. The number of amides is 3. The van der Waals surface area contributed by atoms with Crippen LogP contribution in [0.25, 0.3) is 0 Å². The molecule has 0 radical (unpaired) electrons. The second-order valence-corrected chi connectivity index (χ2v) is 9.96. The molecular formula is C30H33N3O7. The summed E-state index contributed by atoms with van der Waals surface area (Å²) < 4.78 is 10.4. The number of ether oxygens (including phenoxy) is 2. The number of phenolic OH excluding ortho intramolecular Hbond substituents is 1. The fourth-order valence-corrected chi connectivity index (χ4v) is 3.50. The van der Waals surface area contributed by atoms with Gasteiger partial charge in [0.1, 0.15) is 30.5 Å². The molecule has 0 spiro atoms. The number of carbonyl (C=O) groups excluding carboxylic acids is 4. The van der Waals surface area contributed by atoms with Crippen molar-refractivity contribution < 1.29 is 33.8 Å². The summed E-state index contributed by atoms with van der Waals surface area (Å²) in [6.07, 6.45) is -0.604. The first kappa shape index (κ1) is 29.7. The second-order valence-electron chi connectivity index (χ2n) is 9.96. The largest absolute Gasteiger partial charge is 0.508 e. The molecule has 0 aromatic heterocycles. The van der Waals surface area contributed by atoms with E-state index in [4.69, 9.17) is 9.47 Å². The number of esters is 1. The molecule has 210 valence electrons. The van der Waals surface area contributed by atoms with E-state index in [1.807, 2.05) is 30.3 Å². The van der Waals surface area contributed by atoms with E-state index >= 15 is 0 Å². The maximum atomic E-state index is 13.1. The summed E-state index contributed by atoms with van der Waals surface area (Å²) in [4.78, 5) is 49.9. The van der Waals surface area contributed by atoms with Crippen LogP contribution in [0.15, 0.2) is 78.9 Å². The van der Waals surface area contributed by atoms with Crippen LogP contribution in [0.2, 0.25) is 0 Å². The molecule has 1 atom stereocenters. The van der Waals surface area contributed by atoms with Crippen LogP contribution in [-0.4, -0.2) is 47.2 Å². The number of hydrogen-bond donors (Lipinski definition) is 4. The number of anilines is 1. The van der Waals surface area contributed by atoms with Gasteiger partial charge < -0.3 is 30.5 Å². The molecule has 10 heteroatoms. The Morgan fingerprint density at radius 3 is 2.12 bits per heavy atom. The lowest BCUT2D eigenvalue weighted by Crippen LogP contribution is -2.47. The van der Waals surface area contributed by atoms with Gasteiger partial charge in [0.25, 0.3) is 5.91 Å². The Kier molecular flexibility index (Phi) is 10.2. The normalized spacial score (nSPS) is 11.6. The van der Waals surface area contributed by atoms with E-state index in [2.05, 4.69) is 16.0 Å². The van der Waals surface area contributed by atoms with Crippen molar-refractivity contribution in [3.05, 3.63) is 95.6 Å². The van der Waals surface area contributed by atoms with Crippen molar-refractivity contribution in [2.45, 2.75) is 45.4 Å².